The lowest BCUT2D eigenvalue weighted by Crippen LogP contribution is -2.14. The van der Waals surface area contributed by atoms with Gasteiger partial charge in [0.15, 0.2) is 0 Å². The highest BCUT2D eigenvalue weighted by atomic mass is 19.2. The first kappa shape index (κ1) is 6.33. The van der Waals surface area contributed by atoms with Crippen molar-refractivity contribution in [3.05, 3.63) is 0 Å². The minimum atomic E-state index is 0.152. The van der Waals surface area contributed by atoms with Crippen LogP contribution >= 0.6 is 0 Å². The fourth-order valence-electron chi connectivity index (χ4n) is 0.137. The van der Waals surface area contributed by atoms with E-state index in [2.05, 4.69) is 10.6 Å². The molecule has 0 rings (SSSR count). The molecule has 0 saturated heterocycles. The zero-order chi connectivity index (χ0) is 5.70. The third kappa shape index (κ3) is 5.33. The summed E-state index contributed by atoms with van der Waals surface area (Å²) in [7, 11) is 0. The molecule has 0 aliphatic heterocycles. The van der Waals surface area contributed by atoms with Crippen LogP contribution in [0.25, 0.3) is 0 Å². The summed E-state index contributed by atoms with van der Waals surface area (Å²) < 4.78 is 10.7. The lowest BCUT2D eigenvalue weighted by Gasteiger charge is -1.96. The van der Waals surface area contributed by atoms with Crippen molar-refractivity contribution in [2.75, 3.05) is 0 Å². The fraction of sp³-hybridized carbons (Fsp3) is 1.00. The second kappa shape index (κ2) is 3.52. The van der Waals surface area contributed by atoms with E-state index in [9.17, 15) is 4.48 Å². The van der Waals surface area contributed by atoms with E-state index in [1.807, 2.05) is 19.2 Å². The molecule has 1 N–H and O–H groups in total. The van der Waals surface area contributed by atoms with Crippen molar-refractivity contribution in [3.8, 4) is 0 Å². The number of hydrogen-bond donors (Lipinski definition) is 1. The summed E-state index contributed by atoms with van der Waals surface area (Å²) >= 11 is 0. The lowest BCUT2D eigenvalue weighted by molar-refractivity contribution is 0.435. The second-order valence-corrected chi connectivity index (χ2v) is 1.46. The van der Waals surface area contributed by atoms with E-state index in [1.165, 1.54) is 0 Å². The first-order valence-corrected chi connectivity index (χ1v) is 2.04. The highest BCUT2D eigenvalue weighted by molar-refractivity contribution is 4.40. The van der Waals surface area contributed by atoms with Gasteiger partial charge in [0.2, 0.25) is 0 Å². The Morgan fingerprint density at radius 2 is 2.14 bits per heavy atom. The summed E-state index contributed by atoms with van der Waals surface area (Å²) in [6.45, 7) is 3.68. The Kier molecular flexibility index (Phi) is 3.18. The molecule has 0 saturated carbocycles. The van der Waals surface area contributed by atoms with Gasteiger partial charge in [0.25, 0.3) is 0 Å². The molecule has 4 heteroatoms. The van der Waals surface area contributed by atoms with Gasteiger partial charge in [-0.15, -0.1) is 0 Å². The monoisotopic (exact) mass is 105 g/mol. The van der Waals surface area contributed by atoms with Gasteiger partial charge in [0.1, 0.15) is 0 Å². The summed E-state index contributed by atoms with van der Waals surface area (Å²) in [6, 6.07) is 0.152. The van der Waals surface area contributed by atoms with E-state index in [0.29, 0.717) is 0 Å². The normalized spacial score (nSPS) is 10.9. The molecule has 3 nitrogen and oxygen atoms in total. The summed E-state index contributed by atoms with van der Waals surface area (Å²) in [4.78, 5) is 0. The van der Waals surface area contributed by atoms with Crippen molar-refractivity contribution in [3.63, 3.8) is 0 Å². The van der Waals surface area contributed by atoms with Crippen molar-refractivity contribution in [1.82, 2.24) is 5.43 Å². The molecule has 7 heavy (non-hydrogen) atoms. The molecule has 0 aromatic carbocycles. The van der Waals surface area contributed by atoms with Crippen LogP contribution in [0.4, 0.5) is 4.48 Å². The summed E-state index contributed by atoms with van der Waals surface area (Å²) in [5.74, 6) is 0. The standard InChI is InChI=1S/C3H8FN3/c1-3(2)5-7-6-4/h3H,1-2H3,(H,5,6). The van der Waals surface area contributed by atoms with Gasteiger partial charge in [-0.2, -0.15) is 0 Å². The van der Waals surface area contributed by atoms with Crippen molar-refractivity contribution in [2.45, 2.75) is 19.9 Å². The Morgan fingerprint density at radius 1 is 1.57 bits per heavy atom. The molecule has 0 aliphatic carbocycles. The second-order valence-electron chi connectivity index (χ2n) is 1.46. The molecule has 0 heterocycles. The van der Waals surface area contributed by atoms with Crippen LogP contribution in [-0.2, 0) is 0 Å². The molecular formula is C3H8FN3. The van der Waals surface area contributed by atoms with Gasteiger partial charge in [0, 0.05) is 11.4 Å². The smallest absolute Gasteiger partial charge is 0.0401 e. The topological polar surface area (TPSA) is 36.8 Å². The minimum Gasteiger partial charge on any atom is -0.287 e. The third-order valence-corrected chi connectivity index (χ3v) is 0.354. The number of hydrogen-bond acceptors (Lipinski definition) is 2. The van der Waals surface area contributed by atoms with Gasteiger partial charge in [-0.1, -0.05) is 4.48 Å². The third-order valence-electron chi connectivity index (χ3n) is 0.354. The Hall–Kier alpha value is -0.670. The molecule has 0 amide bonds. The van der Waals surface area contributed by atoms with Crippen LogP contribution in [0.15, 0.2) is 10.6 Å². The molecule has 0 aromatic heterocycles. The Bertz CT molecular complexity index is 61.2. The number of rotatable bonds is 2. The highest BCUT2D eigenvalue weighted by Gasteiger charge is 1.82. The van der Waals surface area contributed by atoms with Gasteiger partial charge in [-0.25, -0.2) is 0 Å². The maximum absolute atomic E-state index is 10.7. The zero-order valence-corrected chi connectivity index (χ0v) is 4.35. The van der Waals surface area contributed by atoms with Crippen molar-refractivity contribution >= 4 is 0 Å². The average molecular weight is 105 g/mol. The van der Waals surface area contributed by atoms with E-state index in [1.54, 1.807) is 0 Å². The Balaban J connectivity index is 2.97. The average Bonchev–Trinajstić information content (AvgIpc) is 1.61. The van der Waals surface area contributed by atoms with E-state index in [0.717, 1.165) is 0 Å². The van der Waals surface area contributed by atoms with Crippen LogP contribution in [-0.4, -0.2) is 6.04 Å². The van der Waals surface area contributed by atoms with Crippen molar-refractivity contribution in [2.24, 2.45) is 10.6 Å². The minimum absolute atomic E-state index is 0.152. The molecule has 0 aliphatic rings. The molecule has 0 atom stereocenters. The predicted molar refractivity (Wildman–Crippen MR) is 24.2 cm³/mol. The van der Waals surface area contributed by atoms with Gasteiger partial charge < -0.3 is 0 Å². The highest BCUT2D eigenvalue weighted by Crippen LogP contribution is 1.75. The molecule has 0 aromatic rings. The number of halogens is 1. The number of nitrogens with one attached hydrogen (secondary N) is 1. The Labute approximate surface area is 41.5 Å². The largest absolute Gasteiger partial charge is 0.287 e. The summed E-state index contributed by atoms with van der Waals surface area (Å²) in [6.07, 6.45) is 0. The van der Waals surface area contributed by atoms with E-state index >= 15 is 0 Å². The molecule has 0 fully saturated rings. The SMILES string of the molecule is CC(C)N/N=N\F. The molecule has 0 radical (unpaired) electrons. The first-order valence-electron chi connectivity index (χ1n) is 2.04. The molecule has 0 spiro atoms. The van der Waals surface area contributed by atoms with E-state index < -0.39 is 0 Å². The van der Waals surface area contributed by atoms with Crippen LogP contribution in [0.3, 0.4) is 0 Å². The van der Waals surface area contributed by atoms with E-state index in [-0.39, 0.29) is 6.04 Å². The molecule has 0 unspecified atom stereocenters. The van der Waals surface area contributed by atoms with Gasteiger partial charge in [0.05, 0.1) is 0 Å². The number of nitrogens with zero attached hydrogens (tertiary/aromatic N) is 2. The summed E-state index contributed by atoms with van der Waals surface area (Å²) in [5.41, 5.74) is 2.38. The zero-order valence-electron chi connectivity index (χ0n) is 4.35. The van der Waals surface area contributed by atoms with Crippen molar-refractivity contribution < 1.29 is 4.48 Å². The maximum Gasteiger partial charge on any atom is 0.0401 e. The maximum atomic E-state index is 10.7. The van der Waals surface area contributed by atoms with Crippen molar-refractivity contribution in [1.29, 1.82) is 0 Å². The molecule has 0 bridgehead atoms. The van der Waals surface area contributed by atoms with Gasteiger partial charge >= 0.3 is 0 Å². The van der Waals surface area contributed by atoms with Gasteiger partial charge in [-0.05, 0) is 19.1 Å². The van der Waals surface area contributed by atoms with Crippen LogP contribution in [0.1, 0.15) is 13.8 Å². The fourth-order valence-corrected chi connectivity index (χ4v) is 0.137. The molecular weight excluding hydrogens is 97.1 g/mol. The lowest BCUT2D eigenvalue weighted by atomic mass is 10.4. The van der Waals surface area contributed by atoms with Crippen LogP contribution in [0.5, 0.6) is 0 Å². The first-order chi connectivity index (χ1) is 3.27. The van der Waals surface area contributed by atoms with Crippen LogP contribution in [0.2, 0.25) is 0 Å². The Morgan fingerprint density at radius 3 is 2.29 bits per heavy atom. The van der Waals surface area contributed by atoms with Gasteiger partial charge in [-0.3, -0.25) is 5.43 Å². The quantitative estimate of drug-likeness (QED) is 0.416. The van der Waals surface area contributed by atoms with Crippen LogP contribution < -0.4 is 5.43 Å². The summed E-state index contributed by atoms with van der Waals surface area (Å²) in [5, 5.41) is 4.87. The predicted octanol–water partition coefficient (Wildman–Crippen LogP) is 1.24. The van der Waals surface area contributed by atoms with E-state index in [4.69, 9.17) is 0 Å². The van der Waals surface area contributed by atoms with Crippen LogP contribution in [0, 0.1) is 0 Å². The molecule has 42 valence electrons.